The van der Waals surface area contributed by atoms with Crippen LogP contribution in [-0.4, -0.2) is 28.6 Å². The van der Waals surface area contributed by atoms with Crippen molar-refractivity contribution in [3.05, 3.63) is 34.9 Å². The molecule has 2 rings (SSSR count). The van der Waals surface area contributed by atoms with E-state index in [0.717, 1.165) is 11.6 Å². The van der Waals surface area contributed by atoms with Gasteiger partial charge in [0.05, 0.1) is 5.92 Å². The van der Waals surface area contributed by atoms with E-state index in [4.69, 9.17) is 16.7 Å². The molecule has 0 bridgehead atoms. The van der Waals surface area contributed by atoms with E-state index in [1.54, 1.807) is 6.92 Å². The molecule has 1 N–H and O–H groups in total. The van der Waals surface area contributed by atoms with Gasteiger partial charge in [0, 0.05) is 24.2 Å². The second-order valence-electron chi connectivity index (χ2n) is 5.03. The maximum Gasteiger partial charge on any atom is 0.307 e. The third-order valence-electron chi connectivity index (χ3n) is 3.29. The summed E-state index contributed by atoms with van der Waals surface area (Å²) in [4.78, 5) is 13.2. The Morgan fingerprint density at radius 1 is 1.44 bits per heavy atom. The maximum atomic E-state index is 10.9. The third kappa shape index (κ3) is 3.72. The van der Waals surface area contributed by atoms with E-state index in [9.17, 15) is 4.79 Å². The lowest BCUT2D eigenvalue weighted by atomic mass is 10.1. The number of benzene rings is 1. The number of rotatable bonds is 6. The number of hydrogen-bond donors (Lipinski definition) is 1. The molecule has 18 heavy (non-hydrogen) atoms. The Hall–Kier alpha value is -1.06. The van der Waals surface area contributed by atoms with Gasteiger partial charge < -0.3 is 5.11 Å². The Kier molecular flexibility index (Phi) is 4.25. The highest BCUT2D eigenvalue weighted by Crippen LogP contribution is 2.29. The molecule has 0 amide bonds. The van der Waals surface area contributed by atoms with Crippen LogP contribution in [0, 0.1) is 5.92 Å². The number of nitrogens with zero attached hydrogens (tertiary/aromatic N) is 1. The average Bonchev–Trinajstić information content (AvgIpc) is 3.14. The molecule has 4 heteroatoms. The van der Waals surface area contributed by atoms with E-state index in [-0.39, 0.29) is 5.92 Å². The molecule has 0 aliphatic heterocycles. The van der Waals surface area contributed by atoms with Crippen molar-refractivity contribution in [1.82, 2.24) is 4.90 Å². The van der Waals surface area contributed by atoms with Crippen molar-refractivity contribution in [3.8, 4) is 0 Å². The Bertz CT molecular complexity index is 414. The highest BCUT2D eigenvalue weighted by Gasteiger charge is 2.30. The third-order valence-corrected chi connectivity index (χ3v) is 3.54. The van der Waals surface area contributed by atoms with Crippen molar-refractivity contribution in [3.63, 3.8) is 0 Å². The minimum atomic E-state index is -0.725. The number of hydrogen-bond acceptors (Lipinski definition) is 2. The van der Waals surface area contributed by atoms with Gasteiger partial charge >= 0.3 is 5.97 Å². The number of halogens is 1. The van der Waals surface area contributed by atoms with Gasteiger partial charge in [-0.3, -0.25) is 9.69 Å². The van der Waals surface area contributed by atoms with Crippen LogP contribution >= 0.6 is 11.6 Å². The minimum Gasteiger partial charge on any atom is -0.481 e. The normalized spacial score (nSPS) is 16.8. The standard InChI is InChI=1S/C14H18ClNO2/c1-10(14(17)18)8-16(13-6-7-13)9-11-2-4-12(15)5-3-11/h2-5,10,13H,6-9H2,1H3,(H,17,18). The van der Waals surface area contributed by atoms with E-state index in [2.05, 4.69) is 4.90 Å². The first-order chi connectivity index (χ1) is 8.56. The summed E-state index contributed by atoms with van der Waals surface area (Å²) in [5.74, 6) is -1.05. The Balaban J connectivity index is 1.98. The zero-order valence-corrected chi connectivity index (χ0v) is 11.2. The molecular formula is C14H18ClNO2. The highest BCUT2D eigenvalue weighted by atomic mass is 35.5. The molecule has 1 fully saturated rings. The first-order valence-electron chi connectivity index (χ1n) is 6.27. The predicted octanol–water partition coefficient (Wildman–Crippen LogP) is 3.03. The van der Waals surface area contributed by atoms with Gasteiger partial charge in [0.15, 0.2) is 0 Å². The summed E-state index contributed by atoms with van der Waals surface area (Å²) < 4.78 is 0. The second kappa shape index (κ2) is 5.72. The van der Waals surface area contributed by atoms with E-state index in [0.29, 0.717) is 12.6 Å². The maximum absolute atomic E-state index is 10.9. The molecule has 1 aliphatic carbocycles. The molecule has 1 aromatic rings. The Morgan fingerprint density at radius 2 is 2.06 bits per heavy atom. The predicted molar refractivity (Wildman–Crippen MR) is 71.7 cm³/mol. The average molecular weight is 268 g/mol. The summed E-state index contributed by atoms with van der Waals surface area (Å²) in [7, 11) is 0. The lowest BCUT2D eigenvalue weighted by Crippen LogP contribution is -2.33. The molecule has 0 saturated heterocycles. The van der Waals surface area contributed by atoms with Crippen LogP contribution in [0.4, 0.5) is 0 Å². The van der Waals surface area contributed by atoms with Gasteiger partial charge in [-0.25, -0.2) is 0 Å². The summed E-state index contributed by atoms with van der Waals surface area (Å²) in [6.07, 6.45) is 2.36. The van der Waals surface area contributed by atoms with E-state index < -0.39 is 5.97 Å². The Labute approximate surface area is 112 Å². The van der Waals surface area contributed by atoms with Crippen LogP contribution in [0.2, 0.25) is 5.02 Å². The highest BCUT2D eigenvalue weighted by molar-refractivity contribution is 6.30. The van der Waals surface area contributed by atoms with Crippen molar-refractivity contribution in [1.29, 1.82) is 0 Å². The van der Waals surface area contributed by atoms with E-state index in [1.165, 1.54) is 18.4 Å². The minimum absolute atomic E-state index is 0.321. The van der Waals surface area contributed by atoms with Gasteiger partial charge in [-0.1, -0.05) is 30.7 Å². The summed E-state index contributed by atoms with van der Waals surface area (Å²) >= 11 is 5.86. The zero-order valence-electron chi connectivity index (χ0n) is 10.5. The molecule has 98 valence electrons. The van der Waals surface area contributed by atoms with Crippen LogP contribution in [0.1, 0.15) is 25.3 Å². The van der Waals surface area contributed by atoms with Crippen molar-refractivity contribution < 1.29 is 9.90 Å². The van der Waals surface area contributed by atoms with E-state index in [1.807, 2.05) is 24.3 Å². The molecule has 0 aromatic heterocycles. The monoisotopic (exact) mass is 267 g/mol. The van der Waals surface area contributed by atoms with Gasteiger partial charge in [0.2, 0.25) is 0 Å². The van der Waals surface area contributed by atoms with Gasteiger partial charge in [-0.2, -0.15) is 0 Å². The van der Waals surface area contributed by atoms with Crippen molar-refractivity contribution in [2.45, 2.75) is 32.4 Å². The van der Waals surface area contributed by atoms with Crippen LogP contribution in [0.3, 0.4) is 0 Å². The molecule has 1 unspecified atom stereocenters. The fraction of sp³-hybridized carbons (Fsp3) is 0.500. The van der Waals surface area contributed by atoms with Crippen LogP contribution in [-0.2, 0) is 11.3 Å². The summed E-state index contributed by atoms with van der Waals surface area (Å²) in [6, 6.07) is 8.32. The van der Waals surface area contributed by atoms with Crippen LogP contribution < -0.4 is 0 Å². The SMILES string of the molecule is CC(CN(Cc1ccc(Cl)cc1)C1CC1)C(=O)O. The lowest BCUT2D eigenvalue weighted by molar-refractivity contribution is -0.141. The number of carboxylic acids is 1. The summed E-state index contributed by atoms with van der Waals surface area (Å²) in [5.41, 5.74) is 1.18. The van der Waals surface area contributed by atoms with Crippen molar-refractivity contribution >= 4 is 17.6 Å². The number of aliphatic carboxylic acids is 1. The molecule has 0 heterocycles. The molecule has 1 aromatic carbocycles. The largest absolute Gasteiger partial charge is 0.481 e. The van der Waals surface area contributed by atoms with Crippen molar-refractivity contribution in [2.75, 3.05) is 6.54 Å². The number of carboxylic acid groups (broad SMARTS) is 1. The first-order valence-corrected chi connectivity index (χ1v) is 6.65. The van der Waals surface area contributed by atoms with E-state index >= 15 is 0 Å². The molecule has 1 aliphatic rings. The fourth-order valence-electron chi connectivity index (χ4n) is 2.04. The van der Waals surface area contributed by atoms with Crippen molar-refractivity contribution in [2.24, 2.45) is 5.92 Å². The quantitative estimate of drug-likeness (QED) is 0.861. The van der Waals surface area contributed by atoms with Gasteiger partial charge in [0.25, 0.3) is 0 Å². The molecule has 1 atom stereocenters. The topological polar surface area (TPSA) is 40.5 Å². The van der Waals surface area contributed by atoms with Crippen LogP contribution in [0.15, 0.2) is 24.3 Å². The zero-order chi connectivity index (χ0) is 13.1. The van der Waals surface area contributed by atoms with Gasteiger partial charge in [0.1, 0.15) is 0 Å². The molecule has 1 saturated carbocycles. The molecular weight excluding hydrogens is 250 g/mol. The van der Waals surface area contributed by atoms with Gasteiger partial charge in [-0.15, -0.1) is 0 Å². The van der Waals surface area contributed by atoms with Crippen LogP contribution in [0.25, 0.3) is 0 Å². The smallest absolute Gasteiger partial charge is 0.307 e. The molecule has 0 radical (unpaired) electrons. The second-order valence-corrected chi connectivity index (χ2v) is 5.46. The number of carbonyl (C=O) groups is 1. The molecule has 3 nitrogen and oxygen atoms in total. The molecule has 0 spiro atoms. The summed E-state index contributed by atoms with van der Waals surface area (Å²) in [5, 5.41) is 9.72. The first kappa shape index (κ1) is 13.4. The fourth-order valence-corrected chi connectivity index (χ4v) is 2.16. The lowest BCUT2D eigenvalue weighted by Gasteiger charge is -2.24. The Morgan fingerprint density at radius 3 is 2.56 bits per heavy atom. The van der Waals surface area contributed by atoms with Crippen LogP contribution in [0.5, 0.6) is 0 Å². The van der Waals surface area contributed by atoms with Gasteiger partial charge in [-0.05, 0) is 30.5 Å². The summed E-state index contributed by atoms with van der Waals surface area (Å²) in [6.45, 7) is 3.18.